The number of hydrogen-bond donors (Lipinski definition) is 1. The van der Waals surface area contributed by atoms with Crippen LogP contribution in [0.5, 0.6) is 0 Å². The number of alkyl halides is 3. The first-order valence-corrected chi connectivity index (χ1v) is 7.05. The van der Waals surface area contributed by atoms with Crippen molar-refractivity contribution in [3.63, 3.8) is 0 Å². The van der Waals surface area contributed by atoms with Crippen molar-refractivity contribution in [2.24, 2.45) is 5.92 Å². The molecule has 18 heavy (non-hydrogen) atoms. The van der Waals surface area contributed by atoms with Crippen LogP contribution in [0.3, 0.4) is 0 Å². The number of nitrogens with one attached hydrogen (secondary N) is 1. The Bertz CT molecular complexity index is 296. The van der Waals surface area contributed by atoms with Gasteiger partial charge in [-0.25, -0.2) is 0 Å². The fourth-order valence-electron chi connectivity index (χ4n) is 3.15. The summed E-state index contributed by atoms with van der Waals surface area (Å²) in [6.07, 6.45) is 5.21. The predicted molar refractivity (Wildman–Crippen MR) is 66.4 cm³/mol. The summed E-state index contributed by atoms with van der Waals surface area (Å²) in [5.74, 6) is -1.14. The van der Waals surface area contributed by atoms with E-state index in [0.717, 1.165) is 25.7 Å². The first kappa shape index (κ1) is 13.9. The maximum atomic E-state index is 12.9. The van der Waals surface area contributed by atoms with Crippen molar-refractivity contribution in [2.75, 3.05) is 6.54 Å². The second kappa shape index (κ2) is 6.09. The van der Waals surface area contributed by atoms with Crippen LogP contribution in [0.25, 0.3) is 0 Å². The Balaban J connectivity index is 1.78. The number of rotatable bonds is 4. The molecule has 0 aliphatic heterocycles. The molecule has 1 fully saturated rings. The van der Waals surface area contributed by atoms with Gasteiger partial charge >= 0.3 is 6.18 Å². The topological polar surface area (TPSA) is 12.0 Å². The highest BCUT2D eigenvalue weighted by Gasteiger charge is 2.45. The third-order valence-corrected chi connectivity index (χ3v) is 4.17. The molecule has 1 N–H and O–H groups in total. The molecule has 0 bridgehead atoms. The summed E-state index contributed by atoms with van der Waals surface area (Å²) in [6.45, 7) is 0.698. The lowest BCUT2D eigenvalue weighted by atomic mass is 9.84. The summed E-state index contributed by atoms with van der Waals surface area (Å²) in [7, 11) is 0. The zero-order valence-electron chi connectivity index (χ0n) is 10.7. The summed E-state index contributed by atoms with van der Waals surface area (Å²) in [5.41, 5.74) is 1.42. The number of hydrogen-bond acceptors (Lipinski definition) is 1. The van der Waals surface area contributed by atoms with Gasteiger partial charge in [0.25, 0.3) is 0 Å². The minimum absolute atomic E-state index is 0.295. The Morgan fingerprint density at radius 2 is 1.94 bits per heavy atom. The molecule has 1 saturated carbocycles. The Labute approximate surface area is 107 Å². The fraction of sp³-hybridized carbons (Fsp3) is 0.857. The maximum Gasteiger partial charge on any atom is 0.393 e. The van der Waals surface area contributed by atoms with E-state index in [-0.39, 0.29) is 6.04 Å². The SMILES string of the molecule is FC(F)(F)C1CCCCC1NCCC1=CCCC1. The minimum atomic E-state index is -4.04. The van der Waals surface area contributed by atoms with Gasteiger partial charge in [0.15, 0.2) is 0 Å². The van der Waals surface area contributed by atoms with Crippen LogP contribution in [0.2, 0.25) is 0 Å². The molecule has 2 rings (SSSR count). The van der Waals surface area contributed by atoms with Crippen molar-refractivity contribution in [1.82, 2.24) is 5.32 Å². The van der Waals surface area contributed by atoms with Gasteiger partial charge in [0.05, 0.1) is 5.92 Å². The Hall–Kier alpha value is -0.510. The molecule has 0 amide bonds. The third kappa shape index (κ3) is 3.74. The molecule has 4 heteroatoms. The zero-order valence-corrected chi connectivity index (χ0v) is 10.7. The Morgan fingerprint density at radius 1 is 1.17 bits per heavy atom. The van der Waals surface area contributed by atoms with Crippen molar-refractivity contribution >= 4 is 0 Å². The van der Waals surface area contributed by atoms with Crippen LogP contribution < -0.4 is 5.32 Å². The first-order valence-electron chi connectivity index (χ1n) is 7.05. The van der Waals surface area contributed by atoms with E-state index in [1.165, 1.54) is 12.0 Å². The van der Waals surface area contributed by atoms with E-state index < -0.39 is 12.1 Å². The first-order chi connectivity index (χ1) is 8.57. The van der Waals surface area contributed by atoms with E-state index in [4.69, 9.17) is 0 Å². The number of allylic oxidation sites excluding steroid dienone is 1. The summed E-state index contributed by atoms with van der Waals surface area (Å²) in [5, 5.41) is 3.14. The van der Waals surface area contributed by atoms with E-state index in [0.29, 0.717) is 25.8 Å². The van der Waals surface area contributed by atoms with Gasteiger partial charge in [0.2, 0.25) is 0 Å². The highest BCUT2D eigenvalue weighted by atomic mass is 19.4. The van der Waals surface area contributed by atoms with Gasteiger partial charge in [0.1, 0.15) is 0 Å². The quantitative estimate of drug-likeness (QED) is 0.748. The lowest BCUT2D eigenvalue weighted by Crippen LogP contribution is -2.45. The molecule has 0 spiro atoms. The van der Waals surface area contributed by atoms with E-state index in [2.05, 4.69) is 11.4 Å². The van der Waals surface area contributed by atoms with Crippen LogP contribution in [0.1, 0.15) is 51.4 Å². The molecule has 0 aromatic heterocycles. The lowest BCUT2D eigenvalue weighted by Gasteiger charge is -2.33. The van der Waals surface area contributed by atoms with Crippen molar-refractivity contribution in [1.29, 1.82) is 0 Å². The lowest BCUT2D eigenvalue weighted by molar-refractivity contribution is -0.188. The van der Waals surface area contributed by atoms with Crippen molar-refractivity contribution < 1.29 is 13.2 Å². The normalized spacial score (nSPS) is 29.4. The molecule has 0 saturated heterocycles. The van der Waals surface area contributed by atoms with Crippen LogP contribution in [0.4, 0.5) is 13.2 Å². The Kier molecular flexibility index (Phi) is 4.71. The molecule has 0 heterocycles. The van der Waals surface area contributed by atoms with Gasteiger partial charge in [0, 0.05) is 6.04 Å². The average molecular weight is 261 g/mol. The minimum Gasteiger partial charge on any atom is -0.313 e. The van der Waals surface area contributed by atoms with Crippen molar-refractivity contribution in [2.45, 2.75) is 63.6 Å². The highest BCUT2D eigenvalue weighted by Crippen LogP contribution is 2.37. The van der Waals surface area contributed by atoms with Crippen LogP contribution in [0.15, 0.2) is 11.6 Å². The molecule has 2 aliphatic rings. The van der Waals surface area contributed by atoms with Gasteiger partial charge in [-0.15, -0.1) is 0 Å². The van der Waals surface area contributed by atoms with Crippen molar-refractivity contribution in [3.05, 3.63) is 11.6 Å². The van der Waals surface area contributed by atoms with E-state index >= 15 is 0 Å². The molecule has 2 aliphatic carbocycles. The summed E-state index contributed by atoms with van der Waals surface area (Å²) < 4.78 is 38.6. The molecule has 104 valence electrons. The summed E-state index contributed by atoms with van der Waals surface area (Å²) in [6, 6.07) is -0.360. The molecule has 0 aromatic rings. The fourth-order valence-corrected chi connectivity index (χ4v) is 3.15. The molecule has 2 unspecified atom stereocenters. The molecular formula is C14H22F3N. The standard InChI is InChI=1S/C14H22F3N/c15-14(16,17)12-7-3-4-8-13(12)18-10-9-11-5-1-2-6-11/h5,12-13,18H,1-4,6-10H2. The Morgan fingerprint density at radius 3 is 2.61 bits per heavy atom. The van der Waals surface area contributed by atoms with Gasteiger partial charge in [-0.1, -0.05) is 24.5 Å². The van der Waals surface area contributed by atoms with Crippen LogP contribution in [0, 0.1) is 5.92 Å². The molecule has 1 nitrogen and oxygen atoms in total. The molecular weight excluding hydrogens is 239 g/mol. The largest absolute Gasteiger partial charge is 0.393 e. The third-order valence-electron chi connectivity index (χ3n) is 4.17. The van der Waals surface area contributed by atoms with Gasteiger partial charge < -0.3 is 5.32 Å². The van der Waals surface area contributed by atoms with Gasteiger partial charge in [-0.05, 0) is 45.1 Å². The van der Waals surface area contributed by atoms with Crippen molar-refractivity contribution in [3.8, 4) is 0 Å². The van der Waals surface area contributed by atoms with E-state index in [1.54, 1.807) is 0 Å². The molecule has 2 atom stereocenters. The second-order valence-corrected chi connectivity index (χ2v) is 5.50. The van der Waals surface area contributed by atoms with Crippen LogP contribution in [-0.4, -0.2) is 18.8 Å². The smallest absolute Gasteiger partial charge is 0.313 e. The average Bonchev–Trinajstić information content (AvgIpc) is 2.81. The maximum absolute atomic E-state index is 12.9. The highest BCUT2D eigenvalue weighted by molar-refractivity contribution is 5.07. The van der Waals surface area contributed by atoms with Gasteiger partial charge in [-0.2, -0.15) is 13.2 Å². The summed E-state index contributed by atoms with van der Waals surface area (Å²) in [4.78, 5) is 0. The summed E-state index contributed by atoms with van der Waals surface area (Å²) >= 11 is 0. The van der Waals surface area contributed by atoms with Gasteiger partial charge in [-0.3, -0.25) is 0 Å². The number of halogens is 3. The molecule has 0 radical (unpaired) electrons. The molecule has 0 aromatic carbocycles. The zero-order chi connectivity index (χ0) is 13.0. The van der Waals surface area contributed by atoms with Crippen LogP contribution >= 0.6 is 0 Å². The van der Waals surface area contributed by atoms with E-state index in [9.17, 15) is 13.2 Å². The van der Waals surface area contributed by atoms with E-state index in [1.807, 2.05) is 0 Å². The van der Waals surface area contributed by atoms with Crippen LogP contribution in [-0.2, 0) is 0 Å². The monoisotopic (exact) mass is 261 g/mol. The second-order valence-electron chi connectivity index (χ2n) is 5.50. The predicted octanol–water partition coefficient (Wildman–Crippen LogP) is 4.20.